The quantitative estimate of drug-likeness (QED) is 0.480. The number of ether oxygens (including phenoxy) is 1. The third-order valence-electron chi connectivity index (χ3n) is 5.55. The molecule has 1 amide bonds. The molecule has 0 saturated carbocycles. The number of hydrogen-bond donors (Lipinski definition) is 2. The average Bonchev–Trinajstić information content (AvgIpc) is 3.04. The molecule has 1 heterocycles. The molecule has 31 heavy (non-hydrogen) atoms. The molecule has 0 saturated heterocycles. The highest BCUT2D eigenvalue weighted by molar-refractivity contribution is 9.10. The summed E-state index contributed by atoms with van der Waals surface area (Å²) in [5.41, 5.74) is 2.46. The third-order valence-corrected chi connectivity index (χ3v) is 7.54. The number of thiocarbonyl (C=S) groups is 1. The Hall–Kier alpha value is -1.95. The Bertz CT molecular complexity index is 1050. The van der Waals surface area contributed by atoms with Gasteiger partial charge in [-0.25, -0.2) is 0 Å². The molecular weight excluding hydrogens is 494 g/mol. The molecule has 0 bridgehead atoms. The van der Waals surface area contributed by atoms with Gasteiger partial charge in [-0.15, -0.1) is 11.3 Å². The number of nitrogens with zero attached hydrogens (tertiary/aromatic N) is 1. The number of carbonyl (C=O) groups is 1. The summed E-state index contributed by atoms with van der Waals surface area (Å²) in [6.45, 7) is 9.25. The minimum atomic E-state index is -0.325. The van der Waals surface area contributed by atoms with Gasteiger partial charge < -0.3 is 10.1 Å². The second-order valence-corrected chi connectivity index (χ2v) is 11.0. The van der Waals surface area contributed by atoms with Crippen LogP contribution in [0.5, 0.6) is 5.75 Å². The third kappa shape index (κ3) is 5.46. The number of fused-ring (bicyclic) bond motifs is 1. The molecule has 0 fully saturated rings. The number of rotatable bonds is 4. The van der Waals surface area contributed by atoms with Crippen molar-refractivity contribution in [3.63, 3.8) is 0 Å². The molecule has 1 aliphatic carbocycles. The van der Waals surface area contributed by atoms with E-state index in [4.69, 9.17) is 17.0 Å². The van der Waals surface area contributed by atoms with Crippen LogP contribution in [0.4, 0.5) is 5.00 Å². The standard InChI is InChI=1S/C23H26BrN3O2S2/c1-5-29-18-9-6-13(10-17(18)24)20(28)26-22(30)27-21-16(12-25)15-8-7-14(23(2,3)4)11-19(15)31-21/h6,9-10,14H,5,7-8,11H2,1-4H3,(H2,26,27,28,30)/t14-/m1/s1. The summed E-state index contributed by atoms with van der Waals surface area (Å²) >= 11 is 10.4. The topological polar surface area (TPSA) is 74.2 Å². The summed E-state index contributed by atoms with van der Waals surface area (Å²) in [4.78, 5) is 13.9. The fraction of sp³-hybridized carbons (Fsp3) is 0.435. The smallest absolute Gasteiger partial charge is 0.257 e. The van der Waals surface area contributed by atoms with Crippen molar-refractivity contribution in [2.75, 3.05) is 11.9 Å². The number of carbonyl (C=O) groups excluding carboxylic acids is 1. The fourth-order valence-electron chi connectivity index (χ4n) is 3.76. The van der Waals surface area contributed by atoms with E-state index in [-0.39, 0.29) is 16.4 Å². The van der Waals surface area contributed by atoms with Crippen molar-refractivity contribution in [2.45, 2.75) is 47.0 Å². The van der Waals surface area contributed by atoms with Gasteiger partial charge in [-0.3, -0.25) is 10.1 Å². The SMILES string of the molecule is CCOc1ccc(C(=O)NC(=S)Nc2sc3c(c2C#N)CC[C@@H](C(C)(C)C)C3)cc1Br. The first-order valence-corrected chi connectivity index (χ1v) is 12.2. The van der Waals surface area contributed by atoms with Crippen molar-refractivity contribution >= 4 is 55.5 Å². The van der Waals surface area contributed by atoms with Crippen molar-refractivity contribution in [1.29, 1.82) is 5.26 Å². The van der Waals surface area contributed by atoms with E-state index in [0.29, 0.717) is 38.9 Å². The van der Waals surface area contributed by atoms with Gasteiger partial charge in [0, 0.05) is 10.4 Å². The van der Waals surface area contributed by atoms with Crippen LogP contribution >= 0.6 is 39.5 Å². The molecule has 0 spiro atoms. The number of thiophene rings is 1. The van der Waals surface area contributed by atoms with Gasteiger partial charge in [0.1, 0.15) is 16.8 Å². The van der Waals surface area contributed by atoms with Gasteiger partial charge in [-0.05, 0) is 89.4 Å². The van der Waals surface area contributed by atoms with Crippen molar-refractivity contribution in [3.8, 4) is 11.8 Å². The number of nitriles is 1. The molecule has 0 unspecified atom stereocenters. The van der Waals surface area contributed by atoms with E-state index in [2.05, 4.69) is 53.4 Å². The van der Waals surface area contributed by atoms with Crippen LogP contribution in [0.3, 0.4) is 0 Å². The first-order chi connectivity index (χ1) is 14.6. The van der Waals surface area contributed by atoms with Crippen LogP contribution in [-0.2, 0) is 12.8 Å². The molecule has 0 aliphatic heterocycles. The van der Waals surface area contributed by atoms with Crippen molar-refractivity contribution < 1.29 is 9.53 Å². The number of amides is 1. The normalized spacial score (nSPS) is 15.5. The van der Waals surface area contributed by atoms with Gasteiger partial charge in [0.05, 0.1) is 16.6 Å². The molecule has 3 rings (SSSR count). The number of benzene rings is 1. The van der Waals surface area contributed by atoms with Crippen LogP contribution in [0, 0.1) is 22.7 Å². The second-order valence-electron chi connectivity index (χ2n) is 8.61. The molecule has 1 atom stereocenters. The minimum absolute atomic E-state index is 0.178. The van der Waals surface area contributed by atoms with Gasteiger partial charge in [-0.1, -0.05) is 20.8 Å². The first kappa shape index (κ1) is 23.7. The van der Waals surface area contributed by atoms with Crippen molar-refractivity contribution in [1.82, 2.24) is 5.32 Å². The zero-order chi connectivity index (χ0) is 22.8. The maximum absolute atomic E-state index is 12.6. The Labute approximate surface area is 201 Å². The molecule has 2 aromatic rings. The van der Waals surface area contributed by atoms with Crippen LogP contribution in [0.2, 0.25) is 0 Å². The largest absolute Gasteiger partial charge is 0.493 e. The molecule has 2 N–H and O–H groups in total. The predicted octanol–water partition coefficient (Wildman–Crippen LogP) is 6.06. The Kier molecular flexibility index (Phi) is 7.40. The Morgan fingerprint density at radius 1 is 1.42 bits per heavy atom. The van der Waals surface area contributed by atoms with E-state index in [1.165, 1.54) is 4.88 Å². The monoisotopic (exact) mass is 519 g/mol. The second kappa shape index (κ2) is 9.68. The van der Waals surface area contributed by atoms with Gasteiger partial charge in [0.15, 0.2) is 5.11 Å². The summed E-state index contributed by atoms with van der Waals surface area (Å²) in [6.07, 6.45) is 2.95. The average molecular weight is 521 g/mol. The van der Waals surface area contributed by atoms with E-state index < -0.39 is 0 Å². The molecule has 1 aromatic carbocycles. The van der Waals surface area contributed by atoms with Gasteiger partial charge in [0.2, 0.25) is 0 Å². The summed E-state index contributed by atoms with van der Waals surface area (Å²) < 4.78 is 6.18. The van der Waals surface area contributed by atoms with Crippen LogP contribution in [0.1, 0.15) is 60.5 Å². The molecule has 1 aromatic heterocycles. The summed E-state index contributed by atoms with van der Waals surface area (Å²) in [5.74, 6) is 0.938. The predicted molar refractivity (Wildman–Crippen MR) is 133 cm³/mol. The lowest BCUT2D eigenvalue weighted by Gasteiger charge is -2.33. The van der Waals surface area contributed by atoms with Crippen LogP contribution in [-0.4, -0.2) is 17.6 Å². The lowest BCUT2D eigenvalue weighted by atomic mass is 9.72. The highest BCUT2D eigenvalue weighted by atomic mass is 79.9. The number of halogens is 1. The van der Waals surface area contributed by atoms with Crippen LogP contribution < -0.4 is 15.4 Å². The zero-order valence-electron chi connectivity index (χ0n) is 18.1. The highest BCUT2D eigenvalue weighted by Gasteiger charge is 2.32. The van der Waals surface area contributed by atoms with E-state index in [9.17, 15) is 10.1 Å². The van der Waals surface area contributed by atoms with Gasteiger partial charge >= 0.3 is 0 Å². The zero-order valence-corrected chi connectivity index (χ0v) is 21.3. The van der Waals surface area contributed by atoms with E-state index >= 15 is 0 Å². The Balaban J connectivity index is 1.71. The number of anilines is 1. The first-order valence-electron chi connectivity index (χ1n) is 10.2. The lowest BCUT2D eigenvalue weighted by molar-refractivity contribution is 0.0977. The van der Waals surface area contributed by atoms with E-state index in [1.54, 1.807) is 29.5 Å². The summed E-state index contributed by atoms with van der Waals surface area (Å²) in [7, 11) is 0. The maximum Gasteiger partial charge on any atom is 0.257 e. The van der Waals surface area contributed by atoms with E-state index in [0.717, 1.165) is 24.8 Å². The highest BCUT2D eigenvalue weighted by Crippen LogP contribution is 2.44. The van der Waals surface area contributed by atoms with Crippen molar-refractivity contribution in [3.05, 3.63) is 44.2 Å². The molecular formula is C23H26BrN3O2S2. The van der Waals surface area contributed by atoms with Gasteiger partial charge in [0.25, 0.3) is 5.91 Å². The maximum atomic E-state index is 12.6. The molecule has 5 nitrogen and oxygen atoms in total. The van der Waals surface area contributed by atoms with Crippen molar-refractivity contribution in [2.24, 2.45) is 11.3 Å². The molecule has 1 aliphatic rings. The number of nitrogens with one attached hydrogen (secondary N) is 2. The van der Waals surface area contributed by atoms with Crippen LogP contribution in [0.15, 0.2) is 22.7 Å². The molecule has 8 heteroatoms. The lowest BCUT2D eigenvalue weighted by Crippen LogP contribution is -2.34. The van der Waals surface area contributed by atoms with Crippen LogP contribution in [0.25, 0.3) is 0 Å². The van der Waals surface area contributed by atoms with E-state index in [1.807, 2.05) is 6.92 Å². The Morgan fingerprint density at radius 2 is 2.16 bits per heavy atom. The summed E-state index contributed by atoms with van der Waals surface area (Å²) in [5, 5.41) is 16.4. The molecule has 0 radical (unpaired) electrons. The molecule has 164 valence electrons. The van der Waals surface area contributed by atoms with Gasteiger partial charge in [-0.2, -0.15) is 5.26 Å². The number of hydrogen-bond acceptors (Lipinski definition) is 5. The summed E-state index contributed by atoms with van der Waals surface area (Å²) in [6, 6.07) is 7.45. The fourth-order valence-corrected chi connectivity index (χ4v) is 5.79. The Morgan fingerprint density at radius 3 is 2.77 bits per heavy atom. The minimum Gasteiger partial charge on any atom is -0.493 e.